The van der Waals surface area contributed by atoms with Crippen molar-refractivity contribution >= 4 is 5.57 Å². The molecular weight excluding hydrogens is 448 g/mol. The minimum Gasteiger partial charge on any atom is -0.402 e. The van der Waals surface area contributed by atoms with Gasteiger partial charge in [-0.05, 0) is 75.7 Å². The molecule has 1 aliphatic carbocycles. The number of nitrogens with one attached hydrogen (secondary N) is 1. The fraction of sp³-hybridized carbons (Fsp3) is 0.429. The highest BCUT2D eigenvalue weighted by molar-refractivity contribution is 5.82. The molecule has 0 bridgehead atoms. The van der Waals surface area contributed by atoms with Crippen LogP contribution in [0.1, 0.15) is 92.6 Å². The summed E-state index contributed by atoms with van der Waals surface area (Å²) in [5, 5.41) is 3.38. The zero-order valence-electron chi connectivity index (χ0n) is 24.9. The summed E-state index contributed by atoms with van der Waals surface area (Å²) in [4.78, 5) is 0. The topological polar surface area (TPSA) is 38.0 Å². The molecule has 0 saturated heterocycles. The Morgan fingerprint density at radius 1 is 1.05 bits per heavy atom. The molecule has 0 heterocycles. The summed E-state index contributed by atoms with van der Waals surface area (Å²) < 4.78 is 0. The zero-order chi connectivity index (χ0) is 28.8. The molecule has 2 nitrogen and oxygen atoms in total. The van der Waals surface area contributed by atoms with Gasteiger partial charge < -0.3 is 11.1 Å². The third-order valence-corrected chi connectivity index (χ3v) is 5.62. The molecule has 0 aliphatic heterocycles. The molecule has 2 unspecified atom stereocenters. The van der Waals surface area contributed by atoms with Crippen molar-refractivity contribution < 1.29 is 0 Å². The summed E-state index contributed by atoms with van der Waals surface area (Å²) in [7, 11) is 0. The summed E-state index contributed by atoms with van der Waals surface area (Å²) in [5.74, 6) is 2.63. The molecule has 0 saturated carbocycles. The Morgan fingerprint density at radius 3 is 2.00 bits per heavy atom. The quantitative estimate of drug-likeness (QED) is 0.247. The monoisotopic (exact) mass is 502 g/mol. The number of hydrogen-bond acceptors (Lipinski definition) is 2. The van der Waals surface area contributed by atoms with E-state index in [9.17, 15) is 0 Å². The molecule has 37 heavy (non-hydrogen) atoms. The first-order valence-corrected chi connectivity index (χ1v) is 13.5. The normalized spacial score (nSPS) is 13.0. The lowest BCUT2D eigenvalue weighted by atomic mass is 9.90. The van der Waals surface area contributed by atoms with Gasteiger partial charge in [0, 0.05) is 23.4 Å². The van der Waals surface area contributed by atoms with E-state index in [4.69, 9.17) is 5.73 Å². The van der Waals surface area contributed by atoms with Crippen molar-refractivity contribution in [1.29, 1.82) is 0 Å². The minimum atomic E-state index is 0.262. The number of terminal acetylenes is 1. The Bertz CT molecular complexity index is 922. The van der Waals surface area contributed by atoms with E-state index in [0.717, 1.165) is 54.6 Å². The van der Waals surface area contributed by atoms with E-state index in [0.29, 0.717) is 5.92 Å². The summed E-state index contributed by atoms with van der Waals surface area (Å²) >= 11 is 0. The predicted molar refractivity (Wildman–Crippen MR) is 170 cm³/mol. The smallest absolute Gasteiger partial charge is 0.0437 e. The number of benzene rings is 1. The van der Waals surface area contributed by atoms with Crippen molar-refractivity contribution in [1.82, 2.24) is 5.32 Å². The van der Waals surface area contributed by atoms with Crippen LogP contribution in [0.15, 0.2) is 96.9 Å². The number of hydrogen-bond donors (Lipinski definition) is 2. The third kappa shape index (κ3) is 17.0. The molecule has 0 radical (unpaired) electrons. The van der Waals surface area contributed by atoms with Gasteiger partial charge in [-0.1, -0.05) is 108 Å². The van der Waals surface area contributed by atoms with Crippen molar-refractivity contribution in [2.24, 2.45) is 11.7 Å². The summed E-state index contributed by atoms with van der Waals surface area (Å²) in [5.41, 5.74) is 13.6. The molecule has 1 aromatic carbocycles. The second kappa shape index (κ2) is 22.1. The molecule has 2 atom stereocenters. The first-order valence-electron chi connectivity index (χ1n) is 13.5. The van der Waals surface area contributed by atoms with Crippen molar-refractivity contribution in [3.05, 3.63) is 102 Å². The van der Waals surface area contributed by atoms with Crippen molar-refractivity contribution in [2.75, 3.05) is 0 Å². The van der Waals surface area contributed by atoms with Gasteiger partial charge >= 0.3 is 0 Å². The third-order valence-electron chi connectivity index (χ3n) is 5.62. The number of rotatable bonds is 10. The Kier molecular flexibility index (Phi) is 21.4. The van der Waals surface area contributed by atoms with Crippen LogP contribution in [0.5, 0.6) is 0 Å². The Morgan fingerprint density at radius 2 is 1.57 bits per heavy atom. The number of nitrogens with two attached hydrogens (primary N) is 1. The second-order valence-corrected chi connectivity index (χ2v) is 9.51. The lowest BCUT2D eigenvalue weighted by Gasteiger charge is -2.24. The molecule has 0 fully saturated rings. The van der Waals surface area contributed by atoms with Gasteiger partial charge in [0.15, 0.2) is 0 Å². The van der Waals surface area contributed by atoms with E-state index in [1.165, 1.54) is 23.1 Å². The molecule has 1 aromatic rings. The van der Waals surface area contributed by atoms with Crippen molar-refractivity contribution in [3.8, 4) is 12.3 Å². The average molecular weight is 503 g/mol. The highest BCUT2D eigenvalue weighted by atomic mass is 14.9. The van der Waals surface area contributed by atoms with E-state index in [2.05, 4.69) is 115 Å². The molecule has 2 heteroatoms. The Labute approximate surface area is 230 Å². The van der Waals surface area contributed by atoms with Gasteiger partial charge in [-0.15, -0.1) is 12.3 Å². The van der Waals surface area contributed by atoms with Crippen LogP contribution in [0, 0.1) is 18.3 Å². The summed E-state index contributed by atoms with van der Waals surface area (Å²) in [6.45, 7) is 30.3. The van der Waals surface area contributed by atoms with Crippen molar-refractivity contribution in [2.45, 2.75) is 93.0 Å². The average Bonchev–Trinajstić information content (AvgIpc) is 2.85. The molecule has 204 valence electrons. The maximum atomic E-state index is 5.67. The minimum absolute atomic E-state index is 0.262. The first-order chi connectivity index (χ1) is 17.5. The van der Waals surface area contributed by atoms with E-state index in [1.54, 1.807) is 6.92 Å². The lowest BCUT2D eigenvalue weighted by Crippen LogP contribution is -2.29. The van der Waals surface area contributed by atoms with Crippen LogP contribution >= 0.6 is 0 Å². The van der Waals surface area contributed by atoms with Crippen LogP contribution in [-0.2, 0) is 0 Å². The Balaban J connectivity index is 0. The van der Waals surface area contributed by atoms with Crippen LogP contribution in [0.4, 0.5) is 0 Å². The van der Waals surface area contributed by atoms with Crippen LogP contribution < -0.4 is 11.1 Å². The lowest BCUT2D eigenvalue weighted by molar-refractivity contribution is 0.493. The van der Waals surface area contributed by atoms with Crippen LogP contribution in [0.2, 0.25) is 0 Å². The molecule has 0 amide bonds. The molecular formula is C35H54N2. The maximum absolute atomic E-state index is 5.67. The molecule has 2 rings (SSSR count). The van der Waals surface area contributed by atoms with Gasteiger partial charge in [0.1, 0.15) is 0 Å². The predicted octanol–water partition coefficient (Wildman–Crippen LogP) is 9.76. The Hall–Kier alpha value is -3.18. The molecule has 1 aliphatic rings. The molecule has 0 spiro atoms. The molecule has 3 N–H and O–H groups in total. The van der Waals surface area contributed by atoms with Gasteiger partial charge in [0.05, 0.1) is 0 Å². The van der Waals surface area contributed by atoms with Crippen molar-refractivity contribution in [3.63, 3.8) is 0 Å². The summed E-state index contributed by atoms with van der Waals surface area (Å²) in [6, 6.07) is 10.6. The van der Waals surface area contributed by atoms with Crippen LogP contribution in [0.3, 0.4) is 0 Å². The van der Waals surface area contributed by atoms with Crippen LogP contribution in [-0.4, -0.2) is 6.04 Å². The van der Waals surface area contributed by atoms with E-state index in [-0.39, 0.29) is 6.04 Å². The number of allylic oxidation sites excluding steroid dienone is 7. The van der Waals surface area contributed by atoms with Gasteiger partial charge in [-0.3, -0.25) is 0 Å². The van der Waals surface area contributed by atoms with E-state index >= 15 is 0 Å². The van der Waals surface area contributed by atoms with E-state index < -0.39 is 0 Å². The largest absolute Gasteiger partial charge is 0.402 e. The van der Waals surface area contributed by atoms with Gasteiger partial charge in [0.25, 0.3) is 0 Å². The van der Waals surface area contributed by atoms with Gasteiger partial charge in [0.2, 0.25) is 0 Å². The standard InChI is InChI=1S/C15H16.C14H26N2.C3H8.C3H4/c1-12-8-6-7-11-15(12)13(2)14-9-4-3-5-10-14;1-7-8-14(9-11(4)15)13(6)16-12(5)10(2)3;2*1-3-2/h3-5,8-11H,2,6-7H2,1H3;12,14,16H,2,4,6-9,15H2,1,3,5H3;3H2,1-2H3;1H,2H3. The first kappa shape index (κ1) is 36.0. The highest BCUT2D eigenvalue weighted by Gasteiger charge is 2.14. The fourth-order valence-electron chi connectivity index (χ4n) is 3.54. The SMILES string of the molecule is C#CC.C=C(C1=CCCC=C1C)c1ccccc1.C=C(N)CC(CCC)C(=C)NC(C)C(=C)C.CCC. The van der Waals surface area contributed by atoms with E-state index in [1.807, 2.05) is 13.0 Å². The zero-order valence-corrected chi connectivity index (χ0v) is 24.9. The fourth-order valence-corrected chi connectivity index (χ4v) is 3.54. The highest BCUT2D eigenvalue weighted by Crippen LogP contribution is 2.30. The van der Waals surface area contributed by atoms with Gasteiger partial charge in [-0.25, -0.2) is 0 Å². The van der Waals surface area contributed by atoms with Crippen LogP contribution in [0.25, 0.3) is 5.57 Å². The van der Waals surface area contributed by atoms with Gasteiger partial charge in [-0.2, -0.15) is 0 Å². The maximum Gasteiger partial charge on any atom is 0.0437 e. The second-order valence-electron chi connectivity index (χ2n) is 9.51. The summed E-state index contributed by atoms with van der Waals surface area (Å²) in [6.07, 6.45) is 15.8. The molecule has 0 aromatic heterocycles.